The van der Waals surface area contributed by atoms with Gasteiger partial charge in [0.15, 0.2) is 0 Å². The van der Waals surface area contributed by atoms with Crippen molar-refractivity contribution in [2.24, 2.45) is 0 Å². The summed E-state index contributed by atoms with van der Waals surface area (Å²) in [5.74, 6) is -0.857. The molecule has 0 radical (unpaired) electrons. The summed E-state index contributed by atoms with van der Waals surface area (Å²) in [7, 11) is 0. The smallest absolute Gasteiger partial charge is 0.337 e. The molecule has 0 aliphatic rings. The van der Waals surface area contributed by atoms with Crippen molar-refractivity contribution in [3.05, 3.63) is 35.0 Å². The van der Waals surface area contributed by atoms with Gasteiger partial charge in [0.05, 0.1) is 11.1 Å². The van der Waals surface area contributed by atoms with E-state index >= 15 is 0 Å². The number of carbonyl (C=O) groups is 1. The Hall–Kier alpha value is -1.77. The Morgan fingerprint density at radius 2 is 1.89 bits per heavy atom. The molecule has 3 heteroatoms. The summed E-state index contributed by atoms with van der Waals surface area (Å²) >= 11 is 0. The fraction of sp³-hybridized carbons (Fsp3) is 0.438. The van der Waals surface area contributed by atoms with Crippen LogP contribution in [0.2, 0.25) is 0 Å². The number of aromatic nitrogens is 1. The highest BCUT2D eigenvalue weighted by molar-refractivity contribution is 6.03. The number of hydrogen-bond donors (Lipinski definition) is 1. The molecule has 0 aliphatic carbocycles. The van der Waals surface area contributed by atoms with Crippen molar-refractivity contribution in [2.45, 2.75) is 46.6 Å². The Labute approximate surface area is 113 Å². The van der Waals surface area contributed by atoms with Gasteiger partial charge in [-0.3, -0.25) is 0 Å². The molecule has 0 saturated carbocycles. The molecule has 1 heterocycles. The molecule has 1 aromatic heterocycles. The van der Waals surface area contributed by atoms with E-state index in [1.807, 2.05) is 19.9 Å². The van der Waals surface area contributed by atoms with E-state index in [0.717, 1.165) is 28.7 Å². The number of hydrogen-bond acceptors (Lipinski definition) is 1. The molecule has 0 saturated heterocycles. The standard InChI is InChI=1S/C16H21NO2/c1-6-17-10(2)7-11-8-12(16(3,4)5)9-13(14(11)17)15(18)19/h7-9H,6H2,1-5H3,(H,18,19). The van der Waals surface area contributed by atoms with Crippen molar-refractivity contribution >= 4 is 16.9 Å². The highest BCUT2D eigenvalue weighted by Gasteiger charge is 2.21. The van der Waals surface area contributed by atoms with Gasteiger partial charge in [0.2, 0.25) is 0 Å². The van der Waals surface area contributed by atoms with E-state index in [1.165, 1.54) is 0 Å². The molecular weight excluding hydrogens is 238 g/mol. The maximum absolute atomic E-state index is 11.6. The van der Waals surface area contributed by atoms with Crippen LogP contribution < -0.4 is 0 Å². The van der Waals surface area contributed by atoms with E-state index in [0.29, 0.717) is 5.56 Å². The summed E-state index contributed by atoms with van der Waals surface area (Å²) in [6.07, 6.45) is 0. The molecule has 2 rings (SSSR count). The van der Waals surface area contributed by atoms with Crippen LogP contribution >= 0.6 is 0 Å². The minimum Gasteiger partial charge on any atom is -0.478 e. The maximum Gasteiger partial charge on any atom is 0.337 e. The van der Waals surface area contributed by atoms with Gasteiger partial charge in [-0.25, -0.2) is 4.79 Å². The maximum atomic E-state index is 11.6. The lowest BCUT2D eigenvalue weighted by atomic mass is 9.85. The molecule has 0 unspecified atom stereocenters. The van der Waals surface area contributed by atoms with E-state index in [1.54, 1.807) is 0 Å². The van der Waals surface area contributed by atoms with Crippen LogP contribution in [0.5, 0.6) is 0 Å². The largest absolute Gasteiger partial charge is 0.478 e. The Bertz CT molecular complexity index is 645. The highest BCUT2D eigenvalue weighted by atomic mass is 16.4. The second-order valence-electron chi connectivity index (χ2n) is 6.05. The van der Waals surface area contributed by atoms with Gasteiger partial charge in [0, 0.05) is 17.6 Å². The number of rotatable bonds is 2. The van der Waals surface area contributed by atoms with Crippen molar-refractivity contribution in [3.8, 4) is 0 Å². The predicted octanol–water partition coefficient (Wildman–Crippen LogP) is 3.97. The number of nitrogens with zero attached hydrogens (tertiary/aromatic N) is 1. The average molecular weight is 259 g/mol. The molecule has 1 aromatic carbocycles. The van der Waals surface area contributed by atoms with Gasteiger partial charge in [-0.05, 0) is 43.0 Å². The first kappa shape index (κ1) is 13.7. The lowest BCUT2D eigenvalue weighted by Crippen LogP contribution is -2.13. The molecule has 0 amide bonds. The quantitative estimate of drug-likeness (QED) is 0.886. The van der Waals surface area contributed by atoms with Crippen molar-refractivity contribution in [3.63, 3.8) is 0 Å². The fourth-order valence-corrected chi connectivity index (χ4v) is 2.55. The number of fused-ring (bicyclic) bond motifs is 1. The zero-order chi connectivity index (χ0) is 14.4. The molecule has 0 fully saturated rings. The molecule has 0 atom stereocenters. The van der Waals surface area contributed by atoms with Gasteiger partial charge in [0.1, 0.15) is 0 Å². The van der Waals surface area contributed by atoms with Crippen molar-refractivity contribution in [1.82, 2.24) is 4.57 Å². The van der Waals surface area contributed by atoms with Gasteiger partial charge in [-0.15, -0.1) is 0 Å². The number of aryl methyl sites for hydroxylation is 2. The SMILES string of the molecule is CCn1c(C)cc2cc(C(C)(C)C)cc(C(=O)O)c21. The van der Waals surface area contributed by atoms with Gasteiger partial charge in [-0.1, -0.05) is 20.8 Å². The Balaban J connectivity index is 2.88. The number of benzene rings is 1. The van der Waals surface area contributed by atoms with Gasteiger partial charge < -0.3 is 9.67 Å². The first-order valence-corrected chi connectivity index (χ1v) is 6.63. The van der Waals surface area contributed by atoms with Gasteiger partial charge in [-0.2, -0.15) is 0 Å². The van der Waals surface area contributed by atoms with Crippen LogP contribution in [0.1, 0.15) is 49.3 Å². The van der Waals surface area contributed by atoms with Crippen LogP contribution in [0.3, 0.4) is 0 Å². The molecule has 19 heavy (non-hydrogen) atoms. The van der Waals surface area contributed by atoms with E-state index < -0.39 is 5.97 Å². The number of aromatic carboxylic acids is 1. The second kappa shape index (κ2) is 4.41. The van der Waals surface area contributed by atoms with Crippen molar-refractivity contribution in [2.75, 3.05) is 0 Å². The topological polar surface area (TPSA) is 42.2 Å². The molecule has 3 nitrogen and oxygen atoms in total. The summed E-state index contributed by atoms with van der Waals surface area (Å²) in [6, 6.07) is 6.00. The average Bonchev–Trinajstić information content (AvgIpc) is 2.61. The molecule has 0 spiro atoms. The summed E-state index contributed by atoms with van der Waals surface area (Å²) in [5, 5.41) is 10.5. The van der Waals surface area contributed by atoms with Crippen LogP contribution in [-0.4, -0.2) is 15.6 Å². The van der Waals surface area contributed by atoms with E-state index in [-0.39, 0.29) is 5.41 Å². The monoisotopic (exact) mass is 259 g/mol. The van der Waals surface area contributed by atoms with E-state index in [2.05, 4.69) is 37.5 Å². The third kappa shape index (κ3) is 2.25. The van der Waals surface area contributed by atoms with Crippen LogP contribution in [0, 0.1) is 6.92 Å². The van der Waals surface area contributed by atoms with Crippen molar-refractivity contribution < 1.29 is 9.90 Å². The number of carboxylic acids is 1. The third-order valence-corrected chi connectivity index (χ3v) is 3.61. The molecule has 1 N–H and O–H groups in total. The van der Waals surface area contributed by atoms with Crippen molar-refractivity contribution in [1.29, 1.82) is 0 Å². The molecule has 102 valence electrons. The Morgan fingerprint density at radius 3 is 2.37 bits per heavy atom. The summed E-state index contributed by atoms with van der Waals surface area (Å²) in [6.45, 7) is 11.1. The van der Waals surface area contributed by atoms with Crippen LogP contribution in [0.25, 0.3) is 10.9 Å². The van der Waals surface area contributed by atoms with Crippen LogP contribution in [-0.2, 0) is 12.0 Å². The highest BCUT2D eigenvalue weighted by Crippen LogP contribution is 2.31. The van der Waals surface area contributed by atoms with Gasteiger partial charge >= 0.3 is 5.97 Å². The Morgan fingerprint density at radius 1 is 1.26 bits per heavy atom. The van der Waals surface area contributed by atoms with Crippen LogP contribution in [0.4, 0.5) is 0 Å². The third-order valence-electron chi connectivity index (χ3n) is 3.61. The second-order valence-corrected chi connectivity index (χ2v) is 6.05. The van der Waals surface area contributed by atoms with E-state index in [4.69, 9.17) is 0 Å². The lowest BCUT2D eigenvalue weighted by Gasteiger charge is -2.20. The summed E-state index contributed by atoms with van der Waals surface area (Å²) in [4.78, 5) is 11.6. The summed E-state index contributed by atoms with van der Waals surface area (Å²) in [5.41, 5.74) is 3.34. The molecule has 2 aromatic rings. The normalized spacial score (nSPS) is 12.1. The van der Waals surface area contributed by atoms with E-state index in [9.17, 15) is 9.90 Å². The van der Waals surface area contributed by atoms with Crippen LogP contribution in [0.15, 0.2) is 18.2 Å². The molecular formula is C16H21NO2. The minimum atomic E-state index is -0.857. The minimum absolute atomic E-state index is 0.0550. The zero-order valence-corrected chi connectivity index (χ0v) is 12.2. The fourth-order valence-electron chi connectivity index (χ4n) is 2.55. The first-order valence-electron chi connectivity index (χ1n) is 6.63. The number of carboxylic acid groups (broad SMARTS) is 1. The lowest BCUT2D eigenvalue weighted by molar-refractivity contribution is 0.0698. The predicted molar refractivity (Wildman–Crippen MR) is 78.0 cm³/mol. The first-order chi connectivity index (χ1) is 8.75. The molecule has 0 aliphatic heterocycles. The van der Waals surface area contributed by atoms with Gasteiger partial charge in [0.25, 0.3) is 0 Å². The molecule has 0 bridgehead atoms. The zero-order valence-electron chi connectivity index (χ0n) is 12.2. The Kier molecular flexibility index (Phi) is 3.17. The summed E-state index contributed by atoms with van der Waals surface area (Å²) < 4.78 is 2.06.